The van der Waals surface area contributed by atoms with Crippen molar-refractivity contribution < 1.29 is 14.6 Å². The van der Waals surface area contributed by atoms with Crippen molar-refractivity contribution in [2.45, 2.75) is 63.0 Å². The molecule has 3 aliphatic rings. The van der Waals surface area contributed by atoms with Crippen molar-refractivity contribution in [1.82, 2.24) is 9.88 Å². The molecule has 1 saturated heterocycles. The molecule has 6 heteroatoms. The summed E-state index contributed by atoms with van der Waals surface area (Å²) in [5, 5.41) is 12.5. The summed E-state index contributed by atoms with van der Waals surface area (Å²) in [6.45, 7) is 2.98. The lowest BCUT2D eigenvalue weighted by atomic mass is 9.60. The summed E-state index contributed by atoms with van der Waals surface area (Å²) in [5.74, 6) is 2.11. The van der Waals surface area contributed by atoms with Crippen LogP contribution >= 0.6 is 11.6 Å². The zero-order chi connectivity index (χ0) is 20.3. The number of carbonyl (C=O) groups excluding carboxylic acids is 1. The number of benzene rings is 1. The summed E-state index contributed by atoms with van der Waals surface area (Å²) in [4.78, 5) is 18.7. The Labute approximate surface area is 176 Å². The number of aliphatic hydroxyl groups is 1. The van der Waals surface area contributed by atoms with E-state index in [1.807, 2.05) is 18.3 Å². The maximum atomic E-state index is 13.3. The van der Waals surface area contributed by atoms with E-state index in [-0.39, 0.29) is 17.9 Å². The van der Waals surface area contributed by atoms with Gasteiger partial charge in [-0.1, -0.05) is 18.5 Å². The standard InChI is InChI=1S/C23H29ClN2O3/c1-13(18-11-25-20-8-19(24)21(29-2)7-17(18)20)5-22(27)26-12-14-3-4-23(28)9-15(14)6-16(26)10-23/h7-8,11,13-16,25,28H,3-6,9-10,12H2,1-2H3. The van der Waals surface area contributed by atoms with Crippen LogP contribution in [0.25, 0.3) is 10.9 Å². The van der Waals surface area contributed by atoms with Crippen molar-refractivity contribution in [1.29, 1.82) is 0 Å². The number of methoxy groups -OCH3 is 1. The number of carbonyl (C=O) groups is 1. The third-order valence-corrected chi connectivity index (χ3v) is 7.97. The van der Waals surface area contributed by atoms with Gasteiger partial charge in [-0.3, -0.25) is 4.79 Å². The molecule has 1 aromatic heterocycles. The minimum atomic E-state index is -0.540. The quantitative estimate of drug-likeness (QED) is 0.772. The number of aromatic nitrogens is 1. The number of halogens is 1. The number of ether oxygens (including phenoxy) is 1. The molecule has 5 nitrogen and oxygen atoms in total. The lowest BCUT2D eigenvalue weighted by Gasteiger charge is -2.56. The van der Waals surface area contributed by atoms with Gasteiger partial charge in [0.1, 0.15) is 5.75 Å². The lowest BCUT2D eigenvalue weighted by molar-refractivity contribution is -0.157. The molecule has 1 aliphatic heterocycles. The number of fused-ring (bicyclic) bond motifs is 3. The van der Waals surface area contributed by atoms with Gasteiger partial charge in [0.2, 0.25) is 5.91 Å². The van der Waals surface area contributed by atoms with Crippen molar-refractivity contribution in [3.8, 4) is 5.75 Å². The van der Waals surface area contributed by atoms with E-state index in [9.17, 15) is 9.90 Å². The summed E-state index contributed by atoms with van der Waals surface area (Å²) < 4.78 is 5.37. The normalized spacial score (nSPS) is 31.9. The van der Waals surface area contributed by atoms with Crippen LogP contribution in [-0.4, -0.2) is 46.2 Å². The molecule has 2 saturated carbocycles. The minimum Gasteiger partial charge on any atom is -0.495 e. The molecule has 156 valence electrons. The predicted octanol–water partition coefficient (Wildman–Crippen LogP) is 4.48. The van der Waals surface area contributed by atoms with Crippen molar-refractivity contribution in [3.63, 3.8) is 0 Å². The van der Waals surface area contributed by atoms with E-state index >= 15 is 0 Å². The molecule has 2 aliphatic carbocycles. The summed E-state index contributed by atoms with van der Waals surface area (Å²) in [7, 11) is 1.61. The number of piperidine rings is 1. The number of aromatic amines is 1. The summed E-state index contributed by atoms with van der Waals surface area (Å²) in [6, 6.07) is 4.03. The number of H-pyrrole nitrogens is 1. The number of amides is 1. The monoisotopic (exact) mass is 416 g/mol. The number of nitrogens with zero attached hydrogens (tertiary/aromatic N) is 1. The molecular weight excluding hydrogens is 388 g/mol. The molecule has 5 unspecified atom stereocenters. The number of likely N-dealkylation sites (tertiary alicyclic amines) is 1. The molecule has 0 radical (unpaired) electrons. The van der Waals surface area contributed by atoms with Gasteiger partial charge in [-0.25, -0.2) is 0 Å². The largest absolute Gasteiger partial charge is 0.495 e. The summed E-state index contributed by atoms with van der Waals surface area (Å²) in [6.07, 6.45) is 7.17. The summed E-state index contributed by atoms with van der Waals surface area (Å²) >= 11 is 6.24. The maximum Gasteiger partial charge on any atom is 0.223 e. The molecule has 5 atom stereocenters. The maximum absolute atomic E-state index is 13.3. The first kappa shape index (κ1) is 19.3. The van der Waals surface area contributed by atoms with E-state index in [4.69, 9.17) is 16.3 Å². The van der Waals surface area contributed by atoms with E-state index in [1.165, 1.54) is 0 Å². The van der Waals surface area contributed by atoms with Crippen LogP contribution in [-0.2, 0) is 4.79 Å². The smallest absolute Gasteiger partial charge is 0.223 e. The van der Waals surface area contributed by atoms with Crippen molar-refractivity contribution in [2.24, 2.45) is 11.8 Å². The van der Waals surface area contributed by atoms with E-state index in [1.54, 1.807) is 7.11 Å². The Bertz CT molecular complexity index is 957. The van der Waals surface area contributed by atoms with Gasteiger partial charge >= 0.3 is 0 Å². The second kappa shape index (κ2) is 6.92. The zero-order valence-corrected chi connectivity index (χ0v) is 17.8. The second-order valence-electron chi connectivity index (χ2n) is 9.51. The first-order chi connectivity index (χ1) is 13.9. The van der Waals surface area contributed by atoms with Crippen LogP contribution in [0.1, 0.15) is 56.9 Å². The SMILES string of the molecule is COc1cc2c(C(C)CC(=O)N3CC4CCC5(O)CC4CC3C5)c[nH]c2cc1Cl. The van der Waals surface area contributed by atoms with Crippen LogP contribution in [0.4, 0.5) is 0 Å². The third kappa shape index (κ3) is 3.23. The van der Waals surface area contributed by atoms with Crippen molar-refractivity contribution >= 4 is 28.4 Å². The molecule has 5 rings (SSSR count). The van der Waals surface area contributed by atoms with E-state index in [2.05, 4.69) is 16.8 Å². The molecule has 0 spiro atoms. The van der Waals surface area contributed by atoms with Gasteiger partial charge in [0.25, 0.3) is 0 Å². The van der Waals surface area contributed by atoms with Gasteiger partial charge < -0.3 is 19.7 Å². The Balaban J connectivity index is 1.35. The fourth-order valence-electron chi connectivity index (χ4n) is 6.16. The first-order valence-electron chi connectivity index (χ1n) is 10.7. The average Bonchev–Trinajstić information content (AvgIpc) is 3.08. The van der Waals surface area contributed by atoms with Crippen LogP contribution in [0.5, 0.6) is 5.75 Å². The van der Waals surface area contributed by atoms with Crippen LogP contribution in [0, 0.1) is 11.8 Å². The van der Waals surface area contributed by atoms with E-state index < -0.39 is 5.60 Å². The molecular formula is C23H29ClN2O3. The molecule has 2 aromatic rings. The fraction of sp³-hybridized carbons (Fsp3) is 0.609. The Morgan fingerprint density at radius 2 is 2.24 bits per heavy atom. The highest BCUT2D eigenvalue weighted by molar-refractivity contribution is 6.32. The van der Waals surface area contributed by atoms with Gasteiger partial charge in [0.05, 0.1) is 17.7 Å². The van der Waals surface area contributed by atoms with Gasteiger partial charge in [0.15, 0.2) is 0 Å². The van der Waals surface area contributed by atoms with Crippen LogP contribution < -0.4 is 4.74 Å². The predicted molar refractivity (Wildman–Crippen MR) is 113 cm³/mol. The highest BCUT2D eigenvalue weighted by Crippen LogP contribution is 2.50. The van der Waals surface area contributed by atoms with Crippen LogP contribution in [0.15, 0.2) is 18.3 Å². The van der Waals surface area contributed by atoms with Crippen LogP contribution in [0.3, 0.4) is 0 Å². The first-order valence-corrected chi connectivity index (χ1v) is 11.1. The van der Waals surface area contributed by atoms with Crippen molar-refractivity contribution in [2.75, 3.05) is 13.7 Å². The van der Waals surface area contributed by atoms with E-state index in [0.717, 1.165) is 55.1 Å². The fourth-order valence-corrected chi connectivity index (χ4v) is 6.40. The second-order valence-corrected chi connectivity index (χ2v) is 9.92. The summed E-state index contributed by atoms with van der Waals surface area (Å²) in [5.41, 5.74) is 1.53. The highest BCUT2D eigenvalue weighted by atomic mass is 35.5. The molecule has 2 heterocycles. The van der Waals surface area contributed by atoms with Crippen LogP contribution in [0.2, 0.25) is 5.02 Å². The van der Waals surface area contributed by atoms with Gasteiger partial charge in [-0.15, -0.1) is 0 Å². The lowest BCUT2D eigenvalue weighted by Crippen LogP contribution is -2.60. The number of rotatable bonds is 4. The number of hydrogen-bond donors (Lipinski definition) is 2. The molecule has 2 N–H and O–H groups in total. The Hall–Kier alpha value is -1.72. The molecule has 29 heavy (non-hydrogen) atoms. The zero-order valence-electron chi connectivity index (χ0n) is 17.1. The minimum absolute atomic E-state index is 0.0868. The molecule has 3 fully saturated rings. The van der Waals surface area contributed by atoms with E-state index in [0.29, 0.717) is 29.0 Å². The van der Waals surface area contributed by atoms with Gasteiger partial charge in [-0.05, 0) is 67.6 Å². The van der Waals surface area contributed by atoms with Gasteiger partial charge in [0, 0.05) is 36.1 Å². The van der Waals surface area contributed by atoms with Crippen molar-refractivity contribution in [3.05, 3.63) is 28.9 Å². The third-order valence-electron chi connectivity index (χ3n) is 7.67. The molecule has 3 bridgehead atoms. The number of hydrogen-bond acceptors (Lipinski definition) is 3. The topological polar surface area (TPSA) is 65.6 Å². The highest BCUT2D eigenvalue weighted by Gasteiger charge is 2.51. The Kier molecular flexibility index (Phi) is 4.59. The Morgan fingerprint density at radius 3 is 3.03 bits per heavy atom. The number of nitrogens with one attached hydrogen (secondary N) is 1. The molecule has 1 aromatic carbocycles. The average molecular weight is 417 g/mol. The van der Waals surface area contributed by atoms with Gasteiger partial charge in [-0.2, -0.15) is 0 Å². The Morgan fingerprint density at radius 1 is 1.41 bits per heavy atom. The molecule has 1 amide bonds.